The highest BCUT2D eigenvalue weighted by Crippen LogP contribution is 2.23. The number of carbonyl (C=O) groups excluding carboxylic acids is 1. The Hall–Kier alpha value is -2.00. The highest BCUT2D eigenvalue weighted by Gasteiger charge is 2.35. The van der Waals surface area contributed by atoms with Crippen LogP contribution in [-0.4, -0.2) is 85.9 Å². The lowest BCUT2D eigenvalue weighted by Gasteiger charge is -2.41. The molecule has 2 aliphatic heterocycles. The van der Waals surface area contributed by atoms with Gasteiger partial charge in [-0.1, -0.05) is 30.3 Å². The van der Waals surface area contributed by atoms with Crippen LogP contribution in [0.15, 0.2) is 47.4 Å². The number of sulfonamides is 1. The van der Waals surface area contributed by atoms with E-state index in [2.05, 4.69) is 4.90 Å². The Labute approximate surface area is 184 Å². The molecule has 31 heavy (non-hydrogen) atoms. The Bertz CT molecular complexity index is 1040. The number of morpholine rings is 1. The molecule has 1 amide bonds. The van der Waals surface area contributed by atoms with Crippen molar-refractivity contribution in [2.24, 2.45) is 0 Å². The predicted octanol–water partition coefficient (Wildman–Crippen LogP) is 2.17. The molecule has 2 aromatic carbocycles. The number of amides is 1. The SMILES string of the molecule is C[C@@H]1CN(C(=O)[C@H](C)N2CCN(S(=O)(=O)c3ccc4ccccc4c3)CC2)C[C@H](C)O1. The van der Waals surface area contributed by atoms with Crippen LogP contribution in [0.25, 0.3) is 10.8 Å². The lowest BCUT2D eigenvalue weighted by atomic mass is 10.1. The minimum atomic E-state index is -3.56. The zero-order chi connectivity index (χ0) is 22.2. The van der Waals surface area contributed by atoms with Crippen molar-refractivity contribution >= 4 is 26.7 Å². The van der Waals surface area contributed by atoms with Crippen molar-refractivity contribution in [3.05, 3.63) is 42.5 Å². The van der Waals surface area contributed by atoms with Crippen LogP contribution < -0.4 is 0 Å². The molecular weight excluding hydrogens is 414 g/mol. The maximum absolute atomic E-state index is 13.2. The molecule has 0 aliphatic carbocycles. The van der Waals surface area contributed by atoms with Crippen molar-refractivity contribution in [1.82, 2.24) is 14.1 Å². The maximum Gasteiger partial charge on any atom is 0.243 e. The average molecular weight is 446 g/mol. The molecule has 0 bridgehead atoms. The summed E-state index contributed by atoms with van der Waals surface area (Å²) < 4.78 is 33.6. The molecular formula is C23H31N3O4S. The van der Waals surface area contributed by atoms with Gasteiger partial charge >= 0.3 is 0 Å². The molecule has 0 unspecified atom stereocenters. The van der Waals surface area contributed by atoms with Gasteiger partial charge in [-0.15, -0.1) is 0 Å². The first-order valence-electron chi connectivity index (χ1n) is 10.9. The number of rotatable bonds is 4. The second-order valence-electron chi connectivity index (χ2n) is 8.63. The largest absolute Gasteiger partial charge is 0.372 e. The standard InChI is InChI=1S/C23H31N3O4S/c1-17-15-25(16-18(2)30-17)23(27)19(3)24-10-12-26(13-11-24)31(28,29)22-9-8-20-6-4-5-7-21(20)14-22/h4-9,14,17-19H,10-13,15-16H2,1-3H3/t17-,18+,19-/m0/s1. The number of ether oxygens (including phenoxy) is 1. The predicted molar refractivity (Wildman–Crippen MR) is 120 cm³/mol. The minimum Gasteiger partial charge on any atom is -0.372 e. The van der Waals surface area contributed by atoms with E-state index in [-0.39, 0.29) is 24.2 Å². The van der Waals surface area contributed by atoms with Gasteiger partial charge in [0.25, 0.3) is 0 Å². The molecule has 0 radical (unpaired) electrons. The monoisotopic (exact) mass is 445 g/mol. The molecule has 0 aromatic heterocycles. The van der Waals surface area contributed by atoms with Gasteiger partial charge in [0.05, 0.1) is 23.1 Å². The van der Waals surface area contributed by atoms with Crippen molar-refractivity contribution in [3.63, 3.8) is 0 Å². The van der Waals surface area contributed by atoms with Gasteiger partial charge in [-0.05, 0) is 43.7 Å². The van der Waals surface area contributed by atoms with Gasteiger partial charge in [-0.25, -0.2) is 8.42 Å². The van der Waals surface area contributed by atoms with Crippen LogP contribution in [0.3, 0.4) is 0 Å². The van der Waals surface area contributed by atoms with E-state index < -0.39 is 10.0 Å². The van der Waals surface area contributed by atoms with E-state index in [4.69, 9.17) is 4.74 Å². The molecule has 2 saturated heterocycles. The Morgan fingerprint density at radius 2 is 1.58 bits per heavy atom. The van der Waals surface area contributed by atoms with E-state index in [0.717, 1.165) is 10.8 Å². The van der Waals surface area contributed by atoms with Crippen LogP contribution >= 0.6 is 0 Å². The number of nitrogens with zero attached hydrogens (tertiary/aromatic N) is 3. The quantitative estimate of drug-likeness (QED) is 0.722. The van der Waals surface area contributed by atoms with Gasteiger partial charge in [0.1, 0.15) is 0 Å². The Morgan fingerprint density at radius 3 is 2.23 bits per heavy atom. The summed E-state index contributed by atoms with van der Waals surface area (Å²) in [6, 6.07) is 12.7. The second-order valence-corrected chi connectivity index (χ2v) is 10.6. The van der Waals surface area contributed by atoms with Crippen LogP contribution in [0.4, 0.5) is 0 Å². The summed E-state index contributed by atoms with van der Waals surface area (Å²) in [4.78, 5) is 17.3. The summed E-state index contributed by atoms with van der Waals surface area (Å²) in [5.74, 6) is 0.0906. The van der Waals surface area contributed by atoms with E-state index in [1.807, 2.05) is 56.0 Å². The Kier molecular flexibility index (Phi) is 6.35. The highest BCUT2D eigenvalue weighted by molar-refractivity contribution is 7.89. The van der Waals surface area contributed by atoms with E-state index in [1.165, 1.54) is 4.31 Å². The Balaban J connectivity index is 1.40. The van der Waals surface area contributed by atoms with Crippen molar-refractivity contribution in [2.45, 2.75) is 43.9 Å². The lowest BCUT2D eigenvalue weighted by Crippen LogP contribution is -2.58. The molecule has 0 saturated carbocycles. The van der Waals surface area contributed by atoms with E-state index >= 15 is 0 Å². The maximum atomic E-state index is 13.2. The number of benzene rings is 2. The van der Waals surface area contributed by atoms with Crippen LogP contribution in [-0.2, 0) is 19.6 Å². The van der Waals surface area contributed by atoms with Gasteiger partial charge < -0.3 is 9.64 Å². The summed E-state index contributed by atoms with van der Waals surface area (Å²) in [5, 5.41) is 1.93. The zero-order valence-electron chi connectivity index (χ0n) is 18.4. The third-order valence-electron chi connectivity index (χ3n) is 6.27. The molecule has 7 nitrogen and oxygen atoms in total. The zero-order valence-corrected chi connectivity index (χ0v) is 19.2. The molecule has 2 fully saturated rings. The topological polar surface area (TPSA) is 70.2 Å². The fraction of sp³-hybridized carbons (Fsp3) is 0.522. The first kappa shape index (κ1) is 22.2. The van der Waals surface area contributed by atoms with Crippen molar-refractivity contribution in [3.8, 4) is 0 Å². The number of carbonyl (C=O) groups is 1. The van der Waals surface area contributed by atoms with Crippen LogP contribution in [0.2, 0.25) is 0 Å². The minimum absolute atomic E-state index is 0.0313. The molecule has 0 spiro atoms. The third kappa shape index (κ3) is 4.62. The summed E-state index contributed by atoms with van der Waals surface area (Å²) in [5.41, 5.74) is 0. The fourth-order valence-electron chi connectivity index (χ4n) is 4.59. The molecule has 2 aromatic rings. The number of hydrogen-bond acceptors (Lipinski definition) is 5. The van der Waals surface area contributed by atoms with Gasteiger partial charge in [-0.3, -0.25) is 9.69 Å². The smallest absolute Gasteiger partial charge is 0.243 e. The summed E-state index contributed by atoms with van der Waals surface area (Å²) >= 11 is 0. The summed E-state index contributed by atoms with van der Waals surface area (Å²) in [6.07, 6.45) is 0.0627. The van der Waals surface area contributed by atoms with Gasteiger partial charge in [0.15, 0.2) is 0 Å². The fourth-order valence-corrected chi connectivity index (χ4v) is 6.04. The number of hydrogen-bond donors (Lipinski definition) is 0. The molecule has 2 aliphatic rings. The molecule has 8 heteroatoms. The van der Waals surface area contributed by atoms with Gasteiger partial charge in [0, 0.05) is 39.3 Å². The molecule has 168 valence electrons. The van der Waals surface area contributed by atoms with E-state index in [1.54, 1.807) is 12.1 Å². The average Bonchev–Trinajstić information content (AvgIpc) is 2.77. The summed E-state index contributed by atoms with van der Waals surface area (Å²) in [7, 11) is -3.56. The lowest BCUT2D eigenvalue weighted by molar-refractivity contribution is -0.148. The van der Waals surface area contributed by atoms with Gasteiger partial charge in [0.2, 0.25) is 15.9 Å². The second kappa shape index (κ2) is 8.86. The van der Waals surface area contributed by atoms with E-state index in [0.29, 0.717) is 44.2 Å². The van der Waals surface area contributed by atoms with Crippen molar-refractivity contribution < 1.29 is 17.9 Å². The normalized spacial score (nSPS) is 24.9. The molecule has 3 atom stereocenters. The molecule has 0 N–H and O–H groups in total. The number of piperazine rings is 1. The first-order valence-corrected chi connectivity index (χ1v) is 12.4. The Morgan fingerprint density at radius 1 is 0.968 bits per heavy atom. The van der Waals surface area contributed by atoms with Crippen molar-refractivity contribution in [1.29, 1.82) is 0 Å². The van der Waals surface area contributed by atoms with E-state index in [9.17, 15) is 13.2 Å². The van der Waals surface area contributed by atoms with Crippen LogP contribution in [0.1, 0.15) is 20.8 Å². The third-order valence-corrected chi connectivity index (χ3v) is 8.16. The first-order chi connectivity index (χ1) is 14.8. The van der Waals surface area contributed by atoms with Crippen LogP contribution in [0.5, 0.6) is 0 Å². The van der Waals surface area contributed by atoms with Gasteiger partial charge in [-0.2, -0.15) is 4.31 Å². The van der Waals surface area contributed by atoms with Crippen LogP contribution in [0, 0.1) is 0 Å². The molecule has 2 heterocycles. The highest BCUT2D eigenvalue weighted by atomic mass is 32.2. The molecule has 4 rings (SSSR count). The summed E-state index contributed by atoms with van der Waals surface area (Å²) in [6.45, 7) is 8.91. The number of fused-ring (bicyclic) bond motifs is 1. The van der Waals surface area contributed by atoms with Crippen molar-refractivity contribution in [2.75, 3.05) is 39.3 Å².